The molecule has 0 atom stereocenters. The average Bonchev–Trinajstić information content (AvgIpc) is 2.90. The first-order valence-corrected chi connectivity index (χ1v) is 6.15. The lowest BCUT2D eigenvalue weighted by atomic mass is 10.2. The summed E-state index contributed by atoms with van der Waals surface area (Å²) in [5, 5.41) is 13.3. The molecule has 1 N–H and O–H groups in total. The molecule has 6 heteroatoms. The van der Waals surface area contributed by atoms with Gasteiger partial charge in [0.2, 0.25) is 0 Å². The predicted octanol–water partition coefficient (Wildman–Crippen LogP) is 2.15. The standard InChI is InChI=1S/C14H16N2O4/c1-4-11-10(14(17)18)8-15-16(11)12-6-5-9(19-2)7-13(12)20-3/h5-8H,4H2,1-3H3,(H,17,18). The molecule has 1 aromatic carbocycles. The first-order chi connectivity index (χ1) is 9.62. The van der Waals surface area contributed by atoms with Crippen molar-refractivity contribution < 1.29 is 19.4 Å². The Bertz CT molecular complexity index is 634. The van der Waals surface area contributed by atoms with Crippen LogP contribution in [0.1, 0.15) is 23.0 Å². The second-order valence-corrected chi connectivity index (χ2v) is 4.11. The van der Waals surface area contributed by atoms with Crippen molar-refractivity contribution in [1.29, 1.82) is 0 Å². The fraction of sp³-hybridized carbons (Fsp3) is 0.286. The van der Waals surface area contributed by atoms with Gasteiger partial charge in [-0.2, -0.15) is 5.10 Å². The van der Waals surface area contributed by atoms with Crippen molar-refractivity contribution in [3.05, 3.63) is 35.7 Å². The fourth-order valence-electron chi connectivity index (χ4n) is 2.06. The van der Waals surface area contributed by atoms with Gasteiger partial charge in [0.05, 0.1) is 26.1 Å². The van der Waals surface area contributed by atoms with Crippen LogP contribution in [-0.4, -0.2) is 35.1 Å². The molecular weight excluding hydrogens is 260 g/mol. The number of methoxy groups -OCH3 is 2. The second-order valence-electron chi connectivity index (χ2n) is 4.11. The van der Waals surface area contributed by atoms with Crippen molar-refractivity contribution in [3.8, 4) is 17.2 Å². The van der Waals surface area contributed by atoms with Crippen LogP contribution in [0.5, 0.6) is 11.5 Å². The molecule has 0 aliphatic heterocycles. The van der Waals surface area contributed by atoms with Crippen LogP contribution < -0.4 is 9.47 Å². The summed E-state index contributed by atoms with van der Waals surface area (Å²) >= 11 is 0. The average molecular weight is 276 g/mol. The molecule has 2 aromatic rings. The zero-order chi connectivity index (χ0) is 14.7. The minimum atomic E-state index is -0.986. The molecule has 0 unspecified atom stereocenters. The Labute approximate surface area is 116 Å². The van der Waals surface area contributed by atoms with E-state index in [-0.39, 0.29) is 5.56 Å². The zero-order valence-corrected chi connectivity index (χ0v) is 11.6. The fourth-order valence-corrected chi connectivity index (χ4v) is 2.06. The van der Waals surface area contributed by atoms with E-state index in [1.54, 1.807) is 37.1 Å². The quantitative estimate of drug-likeness (QED) is 0.905. The van der Waals surface area contributed by atoms with E-state index in [9.17, 15) is 4.79 Å². The van der Waals surface area contributed by atoms with Crippen LogP contribution in [0.4, 0.5) is 0 Å². The molecule has 106 valence electrons. The topological polar surface area (TPSA) is 73.6 Å². The lowest BCUT2D eigenvalue weighted by Gasteiger charge is -2.12. The summed E-state index contributed by atoms with van der Waals surface area (Å²) in [7, 11) is 3.12. The Hall–Kier alpha value is -2.50. The molecule has 0 spiro atoms. The molecular formula is C14H16N2O4. The van der Waals surface area contributed by atoms with E-state index >= 15 is 0 Å². The molecule has 0 amide bonds. The number of benzene rings is 1. The Kier molecular flexibility index (Phi) is 3.93. The van der Waals surface area contributed by atoms with E-state index in [2.05, 4.69) is 5.10 Å². The Morgan fingerprint density at radius 3 is 2.65 bits per heavy atom. The van der Waals surface area contributed by atoms with Crippen molar-refractivity contribution in [3.63, 3.8) is 0 Å². The van der Waals surface area contributed by atoms with Crippen molar-refractivity contribution in [2.24, 2.45) is 0 Å². The molecule has 1 heterocycles. The van der Waals surface area contributed by atoms with Gasteiger partial charge in [0.25, 0.3) is 0 Å². The summed E-state index contributed by atoms with van der Waals surface area (Å²) in [5.74, 6) is 0.244. The van der Waals surface area contributed by atoms with Gasteiger partial charge in [0.1, 0.15) is 22.7 Å². The molecule has 2 rings (SSSR count). The lowest BCUT2D eigenvalue weighted by Crippen LogP contribution is -2.07. The van der Waals surface area contributed by atoms with Crippen molar-refractivity contribution in [1.82, 2.24) is 9.78 Å². The predicted molar refractivity (Wildman–Crippen MR) is 73.0 cm³/mol. The summed E-state index contributed by atoms with van der Waals surface area (Å²) in [6.07, 6.45) is 1.90. The van der Waals surface area contributed by atoms with Gasteiger partial charge in [-0.1, -0.05) is 6.92 Å². The number of ether oxygens (including phenoxy) is 2. The van der Waals surface area contributed by atoms with Crippen LogP contribution in [0.15, 0.2) is 24.4 Å². The number of hydrogen-bond acceptors (Lipinski definition) is 4. The third kappa shape index (κ3) is 2.32. The minimum Gasteiger partial charge on any atom is -0.497 e. The molecule has 0 radical (unpaired) electrons. The zero-order valence-electron chi connectivity index (χ0n) is 11.6. The van der Waals surface area contributed by atoms with Crippen molar-refractivity contribution >= 4 is 5.97 Å². The highest BCUT2D eigenvalue weighted by Gasteiger charge is 2.18. The summed E-state index contributed by atoms with van der Waals surface area (Å²) < 4.78 is 12.1. The van der Waals surface area contributed by atoms with Gasteiger partial charge in [-0.3, -0.25) is 0 Å². The molecule has 1 aromatic heterocycles. The Balaban J connectivity index is 2.59. The minimum absolute atomic E-state index is 0.199. The summed E-state index contributed by atoms with van der Waals surface area (Å²) in [4.78, 5) is 11.2. The number of hydrogen-bond donors (Lipinski definition) is 1. The van der Waals surface area contributed by atoms with Crippen LogP contribution in [0.2, 0.25) is 0 Å². The maximum absolute atomic E-state index is 11.2. The molecule has 0 aliphatic carbocycles. The molecule has 0 aliphatic rings. The number of aromatic nitrogens is 2. The first kappa shape index (κ1) is 13.9. The summed E-state index contributed by atoms with van der Waals surface area (Å²) in [5.41, 5.74) is 1.50. The third-order valence-corrected chi connectivity index (χ3v) is 3.05. The van der Waals surface area contributed by atoms with E-state index in [0.717, 1.165) is 0 Å². The molecule has 0 saturated heterocycles. The Morgan fingerprint density at radius 2 is 2.10 bits per heavy atom. The first-order valence-electron chi connectivity index (χ1n) is 6.15. The second kappa shape index (κ2) is 5.64. The van der Waals surface area contributed by atoms with Gasteiger partial charge < -0.3 is 14.6 Å². The number of carbonyl (C=O) groups is 1. The van der Waals surface area contributed by atoms with Crippen molar-refractivity contribution in [2.75, 3.05) is 14.2 Å². The van der Waals surface area contributed by atoms with Gasteiger partial charge in [-0.05, 0) is 18.6 Å². The Morgan fingerprint density at radius 1 is 1.35 bits per heavy atom. The maximum Gasteiger partial charge on any atom is 0.339 e. The molecule has 20 heavy (non-hydrogen) atoms. The monoisotopic (exact) mass is 276 g/mol. The number of carboxylic acid groups (broad SMARTS) is 1. The van der Waals surface area contributed by atoms with Crippen LogP contribution >= 0.6 is 0 Å². The van der Waals surface area contributed by atoms with Gasteiger partial charge in [-0.15, -0.1) is 0 Å². The number of carboxylic acids is 1. The van der Waals surface area contributed by atoms with E-state index in [1.165, 1.54) is 6.20 Å². The van der Waals surface area contributed by atoms with Crippen LogP contribution in [0.3, 0.4) is 0 Å². The highest BCUT2D eigenvalue weighted by atomic mass is 16.5. The van der Waals surface area contributed by atoms with Gasteiger partial charge >= 0.3 is 5.97 Å². The van der Waals surface area contributed by atoms with Gasteiger partial charge in [0, 0.05) is 6.07 Å². The van der Waals surface area contributed by atoms with Crippen LogP contribution in [0.25, 0.3) is 5.69 Å². The van der Waals surface area contributed by atoms with Crippen LogP contribution in [-0.2, 0) is 6.42 Å². The lowest BCUT2D eigenvalue weighted by molar-refractivity contribution is 0.0695. The van der Waals surface area contributed by atoms with E-state index < -0.39 is 5.97 Å². The SMILES string of the molecule is CCc1c(C(=O)O)cnn1-c1ccc(OC)cc1OC. The van der Waals surface area contributed by atoms with Crippen LogP contribution in [0, 0.1) is 0 Å². The van der Waals surface area contributed by atoms with E-state index in [4.69, 9.17) is 14.6 Å². The molecule has 0 saturated carbocycles. The largest absolute Gasteiger partial charge is 0.497 e. The van der Waals surface area contributed by atoms with Crippen molar-refractivity contribution in [2.45, 2.75) is 13.3 Å². The number of nitrogens with zero attached hydrogens (tertiary/aromatic N) is 2. The highest BCUT2D eigenvalue weighted by Crippen LogP contribution is 2.29. The third-order valence-electron chi connectivity index (χ3n) is 3.05. The molecule has 0 fully saturated rings. The van der Waals surface area contributed by atoms with Gasteiger partial charge in [0.15, 0.2) is 0 Å². The number of aromatic carboxylic acids is 1. The van der Waals surface area contributed by atoms with E-state index in [0.29, 0.717) is 29.3 Å². The molecule has 0 bridgehead atoms. The van der Waals surface area contributed by atoms with Gasteiger partial charge in [-0.25, -0.2) is 9.48 Å². The normalized spacial score (nSPS) is 10.3. The molecule has 6 nitrogen and oxygen atoms in total. The number of rotatable bonds is 5. The van der Waals surface area contributed by atoms with E-state index in [1.807, 2.05) is 6.92 Å². The maximum atomic E-state index is 11.2. The smallest absolute Gasteiger partial charge is 0.339 e. The summed E-state index contributed by atoms with van der Waals surface area (Å²) in [6.45, 7) is 1.88. The highest BCUT2D eigenvalue weighted by molar-refractivity contribution is 5.88. The summed E-state index contributed by atoms with van der Waals surface area (Å²) in [6, 6.07) is 5.30.